The fourth-order valence-electron chi connectivity index (χ4n) is 2.61. The number of hydrogen-bond acceptors (Lipinski definition) is 4. The first-order valence-corrected chi connectivity index (χ1v) is 7.27. The molecule has 3 aromatic rings. The van der Waals surface area contributed by atoms with Crippen molar-refractivity contribution in [1.29, 1.82) is 0 Å². The second-order valence-electron chi connectivity index (χ2n) is 5.06. The van der Waals surface area contributed by atoms with E-state index in [1.165, 1.54) is 0 Å². The summed E-state index contributed by atoms with van der Waals surface area (Å²) in [6.07, 6.45) is 2.65. The number of aromatic amines is 1. The molecule has 0 saturated heterocycles. The molecule has 4 nitrogen and oxygen atoms in total. The van der Waals surface area contributed by atoms with Crippen molar-refractivity contribution >= 4 is 23.1 Å². The van der Waals surface area contributed by atoms with E-state index in [0.717, 1.165) is 46.6 Å². The summed E-state index contributed by atoms with van der Waals surface area (Å²) < 4.78 is 6.07. The number of pyridine rings is 1. The van der Waals surface area contributed by atoms with Gasteiger partial charge in [-0.15, -0.1) is 0 Å². The zero-order chi connectivity index (χ0) is 14.2. The number of fused-ring (bicyclic) bond motifs is 2. The maximum atomic E-state index is 5.45. The monoisotopic (exact) mass is 295 g/mol. The molecule has 21 heavy (non-hydrogen) atoms. The molecular formula is C16H13N3OS. The molecule has 1 aliphatic heterocycles. The fourth-order valence-corrected chi connectivity index (χ4v) is 2.89. The van der Waals surface area contributed by atoms with Gasteiger partial charge >= 0.3 is 0 Å². The number of benzene rings is 1. The Morgan fingerprint density at radius 2 is 2.19 bits per heavy atom. The van der Waals surface area contributed by atoms with Crippen molar-refractivity contribution in [3.8, 4) is 11.4 Å². The summed E-state index contributed by atoms with van der Waals surface area (Å²) in [6.45, 7) is 1.28. The van der Waals surface area contributed by atoms with Gasteiger partial charge in [0.25, 0.3) is 0 Å². The van der Waals surface area contributed by atoms with Gasteiger partial charge in [0.05, 0.1) is 18.7 Å². The van der Waals surface area contributed by atoms with Crippen LogP contribution in [-0.2, 0) is 17.8 Å². The Morgan fingerprint density at radius 3 is 3.14 bits per heavy atom. The van der Waals surface area contributed by atoms with Crippen LogP contribution < -0.4 is 0 Å². The van der Waals surface area contributed by atoms with E-state index in [1.807, 2.05) is 24.3 Å². The predicted octanol–water partition coefficient (Wildman–Crippen LogP) is 3.43. The van der Waals surface area contributed by atoms with E-state index in [1.54, 1.807) is 6.20 Å². The Labute approximate surface area is 126 Å². The second kappa shape index (κ2) is 5.02. The lowest BCUT2D eigenvalue weighted by Gasteiger charge is -2.17. The molecule has 0 atom stereocenters. The SMILES string of the molecule is S=c1nc(-c2ccc3ncccc3c2)[nH]c2c1COCC2. The minimum Gasteiger partial charge on any atom is -0.376 e. The molecule has 0 amide bonds. The third-order valence-corrected chi connectivity index (χ3v) is 4.06. The van der Waals surface area contributed by atoms with E-state index >= 15 is 0 Å². The molecule has 0 fully saturated rings. The van der Waals surface area contributed by atoms with Crippen molar-refractivity contribution in [2.45, 2.75) is 13.0 Å². The highest BCUT2D eigenvalue weighted by Gasteiger charge is 2.14. The van der Waals surface area contributed by atoms with E-state index in [-0.39, 0.29) is 0 Å². The van der Waals surface area contributed by atoms with Crippen LogP contribution in [0.2, 0.25) is 0 Å². The molecular weight excluding hydrogens is 282 g/mol. The third kappa shape index (κ3) is 2.24. The van der Waals surface area contributed by atoms with Crippen LogP contribution in [0.1, 0.15) is 11.3 Å². The van der Waals surface area contributed by atoms with E-state index < -0.39 is 0 Å². The topological polar surface area (TPSA) is 50.8 Å². The van der Waals surface area contributed by atoms with Crippen LogP contribution in [0.5, 0.6) is 0 Å². The van der Waals surface area contributed by atoms with Gasteiger partial charge in [-0.25, -0.2) is 4.98 Å². The van der Waals surface area contributed by atoms with Crippen molar-refractivity contribution in [1.82, 2.24) is 15.0 Å². The molecule has 0 spiro atoms. The largest absolute Gasteiger partial charge is 0.376 e. The lowest BCUT2D eigenvalue weighted by Crippen LogP contribution is -2.14. The maximum Gasteiger partial charge on any atom is 0.139 e. The Morgan fingerprint density at radius 1 is 1.24 bits per heavy atom. The summed E-state index contributed by atoms with van der Waals surface area (Å²) in [4.78, 5) is 12.3. The highest BCUT2D eigenvalue weighted by atomic mass is 32.1. The van der Waals surface area contributed by atoms with E-state index in [4.69, 9.17) is 17.0 Å². The van der Waals surface area contributed by atoms with Crippen LogP contribution >= 0.6 is 12.2 Å². The Bertz CT molecular complexity index is 888. The Kier molecular flexibility index (Phi) is 3.02. The number of aromatic nitrogens is 3. The van der Waals surface area contributed by atoms with Crippen molar-refractivity contribution in [3.05, 3.63) is 52.4 Å². The van der Waals surface area contributed by atoms with Crippen molar-refractivity contribution in [3.63, 3.8) is 0 Å². The quantitative estimate of drug-likeness (QED) is 0.699. The average Bonchev–Trinajstić information content (AvgIpc) is 2.54. The molecule has 0 aliphatic carbocycles. The summed E-state index contributed by atoms with van der Waals surface area (Å²) in [5.41, 5.74) is 4.16. The Balaban J connectivity index is 1.88. The van der Waals surface area contributed by atoms with E-state index in [0.29, 0.717) is 11.2 Å². The van der Waals surface area contributed by atoms with Gasteiger partial charge in [0.1, 0.15) is 10.5 Å². The molecule has 0 radical (unpaired) electrons. The van der Waals surface area contributed by atoms with Crippen molar-refractivity contribution in [2.75, 3.05) is 6.61 Å². The lowest BCUT2D eigenvalue weighted by molar-refractivity contribution is 0.108. The zero-order valence-corrected chi connectivity index (χ0v) is 12.1. The first-order chi connectivity index (χ1) is 10.3. The highest BCUT2D eigenvalue weighted by Crippen LogP contribution is 2.23. The minimum atomic E-state index is 0.555. The van der Waals surface area contributed by atoms with Gasteiger partial charge in [-0.3, -0.25) is 4.98 Å². The summed E-state index contributed by atoms with van der Waals surface area (Å²) >= 11 is 5.40. The number of rotatable bonds is 1. The molecule has 4 rings (SSSR count). The van der Waals surface area contributed by atoms with Crippen LogP contribution in [0.15, 0.2) is 36.5 Å². The number of ether oxygens (including phenoxy) is 1. The van der Waals surface area contributed by atoms with E-state index in [9.17, 15) is 0 Å². The summed E-state index contributed by atoms with van der Waals surface area (Å²) in [6, 6.07) is 10.1. The number of hydrogen-bond donors (Lipinski definition) is 1. The molecule has 1 aromatic carbocycles. The number of nitrogens with one attached hydrogen (secondary N) is 1. The first-order valence-electron chi connectivity index (χ1n) is 6.86. The van der Waals surface area contributed by atoms with Gasteiger partial charge in [-0.2, -0.15) is 0 Å². The number of H-pyrrole nitrogens is 1. The number of nitrogens with zero attached hydrogens (tertiary/aromatic N) is 2. The fraction of sp³-hybridized carbons (Fsp3) is 0.188. The van der Waals surface area contributed by atoms with Gasteiger partial charge in [0.2, 0.25) is 0 Å². The normalized spacial score (nSPS) is 14.1. The molecule has 0 unspecified atom stereocenters. The highest BCUT2D eigenvalue weighted by molar-refractivity contribution is 7.71. The van der Waals surface area contributed by atoms with Gasteiger partial charge in [-0.05, 0) is 24.3 Å². The zero-order valence-electron chi connectivity index (χ0n) is 11.3. The standard InChI is InChI=1S/C16H13N3OS/c21-16-12-9-20-7-5-14(12)18-15(19-16)11-3-4-13-10(8-11)2-1-6-17-13/h1-4,6,8H,5,7,9H2,(H,18,19,21). The van der Waals surface area contributed by atoms with Gasteiger partial charge < -0.3 is 9.72 Å². The first kappa shape index (κ1) is 12.6. The van der Waals surface area contributed by atoms with Gasteiger partial charge in [0.15, 0.2) is 0 Å². The molecule has 104 valence electrons. The molecule has 1 aliphatic rings. The molecule has 0 saturated carbocycles. The lowest BCUT2D eigenvalue weighted by atomic mass is 10.1. The predicted molar refractivity (Wildman–Crippen MR) is 83.5 cm³/mol. The maximum absolute atomic E-state index is 5.45. The third-order valence-electron chi connectivity index (χ3n) is 3.72. The van der Waals surface area contributed by atoms with Crippen LogP contribution in [0.4, 0.5) is 0 Å². The van der Waals surface area contributed by atoms with Crippen molar-refractivity contribution in [2.24, 2.45) is 0 Å². The van der Waals surface area contributed by atoms with Gasteiger partial charge in [-0.1, -0.05) is 18.3 Å². The van der Waals surface area contributed by atoms with Crippen LogP contribution in [0, 0.1) is 4.64 Å². The smallest absolute Gasteiger partial charge is 0.139 e. The summed E-state index contributed by atoms with van der Waals surface area (Å²) in [7, 11) is 0. The molecule has 1 N–H and O–H groups in total. The molecule has 3 heterocycles. The summed E-state index contributed by atoms with van der Waals surface area (Å²) in [5, 5.41) is 1.09. The van der Waals surface area contributed by atoms with E-state index in [2.05, 4.69) is 21.0 Å². The van der Waals surface area contributed by atoms with Crippen LogP contribution in [0.3, 0.4) is 0 Å². The average molecular weight is 295 g/mol. The van der Waals surface area contributed by atoms with Crippen LogP contribution in [-0.4, -0.2) is 21.6 Å². The van der Waals surface area contributed by atoms with Gasteiger partial charge in [0, 0.05) is 34.8 Å². The summed E-state index contributed by atoms with van der Waals surface area (Å²) in [5.74, 6) is 0.811. The second-order valence-corrected chi connectivity index (χ2v) is 5.45. The minimum absolute atomic E-state index is 0.555. The molecule has 0 bridgehead atoms. The van der Waals surface area contributed by atoms with Crippen LogP contribution in [0.25, 0.3) is 22.3 Å². The molecule has 2 aromatic heterocycles. The molecule has 5 heteroatoms. The van der Waals surface area contributed by atoms with Crippen molar-refractivity contribution < 1.29 is 4.74 Å². The Hall–Kier alpha value is -2.11.